The number of nitrogens with one attached hydrogen (secondary N) is 4. The number of carboxylic acid groups (broad SMARTS) is 2. The molecule has 0 bridgehead atoms. The first-order valence-corrected chi connectivity index (χ1v) is 17.4. The Balaban J connectivity index is 4.10. The minimum Gasteiger partial charge on any atom is -0.548 e. The van der Waals surface area contributed by atoms with Gasteiger partial charge in [-0.25, -0.2) is 4.79 Å². The molecule has 2 amide bonds. The van der Waals surface area contributed by atoms with E-state index in [-0.39, 0.29) is 29.7 Å². The van der Waals surface area contributed by atoms with Crippen LogP contribution >= 0.6 is 21.6 Å². The molecule has 0 aliphatic rings. The van der Waals surface area contributed by atoms with Crippen LogP contribution in [-0.4, -0.2) is 93.7 Å². The molecule has 0 heterocycles. The molecule has 0 fully saturated rings. The predicted molar refractivity (Wildman–Crippen MR) is 161 cm³/mol. The Kier molecular flexibility index (Phi) is 24.3. The fourth-order valence-corrected chi connectivity index (χ4v) is 6.35. The van der Waals surface area contributed by atoms with Crippen LogP contribution in [0.4, 0.5) is 0 Å². The van der Waals surface area contributed by atoms with E-state index in [0.29, 0.717) is 12.8 Å². The minimum atomic E-state index is -1.37. The average Bonchev–Trinajstić information content (AvgIpc) is 2.87. The lowest BCUT2D eigenvalue weighted by Gasteiger charge is -2.20. The smallest absolute Gasteiger partial charge is 0.327 e. The van der Waals surface area contributed by atoms with E-state index < -0.39 is 24.0 Å². The molecule has 40 heavy (non-hydrogen) atoms. The summed E-state index contributed by atoms with van der Waals surface area (Å²) in [4.78, 5) is 50.3. The van der Waals surface area contributed by atoms with Crippen LogP contribution < -0.4 is 25.5 Å². The summed E-state index contributed by atoms with van der Waals surface area (Å²) in [6.07, 6.45) is 13.1. The highest BCUT2D eigenvalue weighted by molar-refractivity contribution is 8.76. The van der Waals surface area contributed by atoms with E-state index in [1.54, 1.807) is 0 Å². The molecule has 0 aliphatic carbocycles. The van der Waals surface area contributed by atoms with Crippen molar-refractivity contribution in [2.75, 3.05) is 52.8 Å². The Morgan fingerprint density at radius 1 is 0.625 bits per heavy atom. The molecular weight excluding hydrogens is 552 g/mol. The van der Waals surface area contributed by atoms with Crippen molar-refractivity contribution in [1.29, 1.82) is 0 Å². The molecule has 0 saturated carbocycles. The van der Waals surface area contributed by atoms with Crippen LogP contribution in [0.2, 0.25) is 0 Å². The number of unbranched alkanes of at least 4 members (excludes halogenated alkanes) is 10. The van der Waals surface area contributed by atoms with Crippen LogP contribution in [-0.2, 0) is 19.2 Å². The van der Waals surface area contributed by atoms with Gasteiger partial charge in [0.05, 0.1) is 53.3 Å². The van der Waals surface area contributed by atoms with Gasteiger partial charge >= 0.3 is 5.97 Å². The maximum Gasteiger partial charge on any atom is 0.327 e. The van der Waals surface area contributed by atoms with E-state index >= 15 is 0 Å². The number of hydrogen-bond acceptors (Lipinski definition) is 7. The molecule has 12 heteroatoms. The molecule has 5 N–H and O–H groups in total. The number of rotatable bonds is 27. The third-order valence-corrected chi connectivity index (χ3v) is 8.89. The van der Waals surface area contributed by atoms with Crippen LogP contribution in [0.1, 0.15) is 89.9 Å². The molecule has 0 aromatic heterocycles. The van der Waals surface area contributed by atoms with Gasteiger partial charge in [-0.2, -0.15) is 0 Å². The molecule has 0 aliphatic heterocycles. The molecule has 0 spiro atoms. The number of hydrogen-bond donors (Lipinski definition) is 5. The Bertz CT molecular complexity index is 654. The van der Waals surface area contributed by atoms with E-state index in [0.717, 1.165) is 79.6 Å². The molecule has 2 unspecified atom stereocenters. The summed E-state index contributed by atoms with van der Waals surface area (Å²) in [5, 5.41) is 26.0. The Morgan fingerprint density at radius 3 is 1.35 bits per heavy atom. The summed E-state index contributed by atoms with van der Waals surface area (Å²) in [6.45, 7) is 2.32. The molecule has 2 atom stereocenters. The summed E-state index contributed by atoms with van der Waals surface area (Å²) in [5.74, 6) is -2.98. The normalized spacial score (nSPS) is 12.8. The van der Waals surface area contributed by atoms with E-state index in [4.69, 9.17) is 0 Å². The van der Waals surface area contributed by atoms with Crippen molar-refractivity contribution >= 4 is 45.3 Å². The van der Waals surface area contributed by atoms with Crippen LogP contribution in [0, 0.1) is 0 Å². The van der Waals surface area contributed by atoms with Gasteiger partial charge in [-0.3, -0.25) is 9.59 Å². The summed E-state index contributed by atoms with van der Waals surface area (Å²) in [6, 6.07) is -2.21. The molecule has 0 saturated heterocycles. The number of carbonyl (C=O) groups is 4. The second-order valence-corrected chi connectivity index (χ2v) is 13.7. The second kappa shape index (κ2) is 25.2. The average molecular weight is 608 g/mol. The van der Waals surface area contributed by atoms with Gasteiger partial charge in [-0.1, -0.05) is 60.1 Å². The monoisotopic (exact) mass is 607 g/mol. The summed E-state index contributed by atoms with van der Waals surface area (Å²) in [5.41, 5.74) is 0. The molecule has 0 aromatic carbocycles. The van der Waals surface area contributed by atoms with Crippen molar-refractivity contribution in [3.63, 3.8) is 0 Å². The van der Waals surface area contributed by atoms with E-state index in [1.165, 1.54) is 35.5 Å². The topological polar surface area (TPSA) is 145 Å². The first-order valence-electron chi connectivity index (χ1n) is 14.9. The Hall–Kier alpha value is -1.50. The van der Waals surface area contributed by atoms with Crippen molar-refractivity contribution in [1.82, 2.24) is 10.6 Å². The van der Waals surface area contributed by atoms with Crippen molar-refractivity contribution in [2.24, 2.45) is 0 Å². The number of quaternary nitrogens is 2. The van der Waals surface area contributed by atoms with E-state index in [9.17, 15) is 29.4 Å². The minimum absolute atomic E-state index is 0.0444. The van der Waals surface area contributed by atoms with Crippen LogP contribution in [0.5, 0.6) is 0 Å². The van der Waals surface area contributed by atoms with Crippen molar-refractivity contribution in [2.45, 2.75) is 102 Å². The van der Waals surface area contributed by atoms with Crippen LogP contribution in [0.3, 0.4) is 0 Å². The molecular formula is C28H55N4O6S2+. The molecule has 0 rings (SSSR count). The molecule has 234 valence electrons. The summed E-state index contributed by atoms with van der Waals surface area (Å²) >= 11 is 0. The fourth-order valence-electron chi connectivity index (χ4n) is 4.05. The van der Waals surface area contributed by atoms with Gasteiger partial charge in [0.25, 0.3) is 0 Å². The van der Waals surface area contributed by atoms with Gasteiger partial charge in [0.15, 0.2) is 0 Å². The number of carboxylic acids is 2. The maximum atomic E-state index is 12.2. The van der Waals surface area contributed by atoms with Gasteiger partial charge in [-0.05, 0) is 38.5 Å². The van der Waals surface area contributed by atoms with E-state index in [2.05, 4.69) is 38.8 Å². The molecule has 0 radical (unpaired) electrons. The highest BCUT2D eigenvalue weighted by atomic mass is 33.1. The number of amides is 2. The van der Waals surface area contributed by atoms with Crippen molar-refractivity contribution in [3.05, 3.63) is 0 Å². The zero-order chi connectivity index (χ0) is 30.2. The summed E-state index contributed by atoms with van der Waals surface area (Å²) in [7, 11) is 10.9. The van der Waals surface area contributed by atoms with Crippen LogP contribution in [0.15, 0.2) is 0 Å². The lowest BCUT2D eigenvalue weighted by atomic mass is 10.1. The van der Waals surface area contributed by atoms with Gasteiger partial charge < -0.3 is 35.4 Å². The van der Waals surface area contributed by atoms with Crippen molar-refractivity contribution in [3.8, 4) is 0 Å². The van der Waals surface area contributed by atoms with Gasteiger partial charge in [0.2, 0.25) is 11.8 Å². The highest BCUT2D eigenvalue weighted by Gasteiger charge is 2.21. The third-order valence-electron chi connectivity index (χ3n) is 6.47. The zero-order valence-electron chi connectivity index (χ0n) is 25.2. The van der Waals surface area contributed by atoms with Crippen molar-refractivity contribution < 1.29 is 39.2 Å². The Morgan fingerprint density at radius 2 is 0.975 bits per heavy atom. The quantitative estimate of drug-likeness (QED) is 0.0645. The molecule has 0 aromatic rings. The van der Waals surface area contributed by atoms with Gasteiger partial charge in [-0.15, -0.1) is 0 Å². The maximum absolute atomic E-state index is 12.2. The lowest BCUT2D eigenvalue weighted by Crippen LogP contribution is -3.05. The lowest BCUT2D eigenvalue weighted by molar-refractivity contribution is -0.858. The van der Waals surface area contributed by atoms with E-state index in [1.807, 2.05) is 0 Å². The highest BCUT2D eigenvalue weighted by Crippen LogP contribution is 2.23. The van der Waals surface area contributed by atoms with Crippen LogP contribution in [0.25, 0.3) is 0 Å². The van der Waals surface area contributed by atoms with Gasteiger partial charge in [0, 0.05) is 24.3 Å². The first-order chi connectivity index (χ1) is 19.0. The largest absolute Gasteiger partial charge is 0.548 e. The zero-order valence-corrected chi connectivity index (χ0v) is 26.8. The summed E-state index contributed by atoms with van der Waals surface area (Å²) < 4.78 is 0. The predicted octanol–water partition coefficient (Wildman–Crippen LogP) is -0.0777. The van der Waals surface area contributed by atoms with Gasteiger partial charge in [0.1, 0.15) is 6.04 Å². The Labute approximate surface area is 249 Å². The standard InChI is InChI=1S/C28H54N4O6S2/c1-31(2)19-15-11-7-5-9-13-17-25(33)29-23(27(35)36)21-39-40-22-24(28(37)38)30-26(34)18-14-10-6-8-12-16-20-32(3)4/h23-24H,5-22H2,1-4H3,(H,29,33)(H,30,34)(H,35,36)(H,37,38)/p+1. The third kappa shape index (κ3) is 24.3. The first kappa shape index (κ1) is 38.5. The SMILES string of the molecule is C[NH+](C)CCCCCCCCC(=O)NC(CSSCC(NC(=O)CCCCCCCC[NH+](C)C)C(=O)O)C(=O)[O-]. The second-order valence-electron chi connectivity index (χ2n) is 11.1. The number of carbonyl (C=O) groups excluding carboxylic acids is 3. The molecule has 10 nitrogen and oxygen atoms in total. The fraction of sp³-hybridized carbons (Fsp3) is 0.857. The number of aliphatic carboxylic acids is 2.